The standard InChI is InChI=1S/C18H16F6N2O4S/c1-11(26-31(28,29)15-5-3-2-4-14(15)17(19,20)21)16(27)25-10-12-6-8-13(9-7-12)30-18(22,23)24/h2-9,11,26H,10H2,1H3,(H,25,27). The van der Waals surface area contributed by atoms with E-state index < -0.39 is 50.7 Å². The summed E-state index contributed by atoms with van der Waals surface area (Å²) in [7, 11) is -4.68. The van der Waals surface area contributed by atoms with E-state index in [0.29, 0.717) is 11.6 Å². The number of ether oxygens (including phenoxy) is 1. The van der Waals surface area contributed by atoms with Gasteiger partial charge in [-0.2, -0.15) is 17.9 Å². The molecule has 2 rings (SSSR count). The zero-order valence-corrected chi connectivity index (χ0v) is 16.5. The zero-order valence-electron chi connectivity index (χ0n) is 15.7. The Morgan fingerprint density at radius 3 is 2.13 bits per heavy atom. The molecule has 1 unspecified atom stereocenters. The second-order valence-corrected chi connectivity index (χ2v) is 7.93. The highest BCUT2D eigenvalue weighted by Crippen LogP contribution is 2.33. The molecule has 0 saturated heterocycles. The Balaban J connectivity index is 2.01. The summed E-state index contributed by atoms with van der Waals surface area (Å²) in [5, 5.41) is 2.33. The van der Waals surface area contributed by atoms with Gasteiger partial charge in [0.1, 0.15) is 5.75 Å². The molecule has 0 fully saturated rings. The minimum absolute atomic E-state index is 0.170. The molecule has 0 aliphatic rings. The summed E-state index contributed by atoms with van der Waals surface area (Å²) in [6.45, 7) is 0.958. The molecule has 0 aliphatic carbocycles. The van der Waals surface area contributed by atoms with Crippen LogP contribution in [0.25, 0.3) is 0 Å². The number of rotatable bonds is 7. The lowest BCUT2D eigenvalue weighted by molar-refractivity contribution is -0.274. The van der Waals surface area contributed by atoms with E-state index in [4.69, 9.17) is 0 Å². The van der Waals surface area contributed by atoms with Crippen LogP contribution < -0.4 is 14.8 Å². The fourth-order valence-corrected chi connectivity index (χ4v) is 3.87. The predicted molar refractivity (Wildman–Crippen MR) is 96.2 cm³/mol. The van der Waals surface area contributed by atoms with Gasteiger partial charge in [0.05, 0.1) is 16.5 Å². The molecule has 1 atom stereocenters. The van der Waals surface area contributed by atoms with Crippen LogP contribution in [-0.4, -0.2) is 26.7 Å². The van der Waals surface area contributed by atoms with Gasteiger partial charge < -0.3 is 10.1 Å². The van der Waals surface area contributed by atoms with Crippen LogP contribution in [0.3, 0.4) is 0 Å². The number of sulfonamides is 1. The average Bonchev–Trinajstić information content (AvgIpc) is 2.65. The van der Waals surface area contributed by atoms with E-state index in [1.807, 2.05) is 4.72 Å². The minimum Gasteiger partial charge on any atom is -0.406 e. The Morgan fingerprint density at radius 1 is 1.00 bits per heavy atom. The van der Waals surface area contributed by atoms with Crippen molar-refractivity contribution >= 4 is 15.9 Å². The van der Waals surface area contributed by atoms with Gasteiger partial charge in [-0.3, -0.25) is 4.79 Å². The van der Waals surface area contributed by atoms with Crippen molar-refractivity contribution in [3.8, 4) is 5.75 Å². The van der Waals surface area contributed by atoms with Gasteiger partial charge >= 0.3 is 12.5 Å². The molecule has 0 spiro atoms. The Bertz CT molecular complexity index is 1020. The third-order valence-electron chi connectivity index (χ3n) is 3.83. The number of hydrogen-bond donors (Lipinski definition) is 2. The third-order valence-corrected chi connectivity index (χ3v) is 5.43. The highest BCUT2D eigenvalue weighted by molar-refractivity contribution is 7.89. The molecule has 13 heteroatoms. The first kappa shape index (κ1) is 24.5. The minimum atomic E-state index is -4.92. The van der Waals surface area contributed by atoms with Gasteiger partial charge in [0.15, 0.2) is 0 Å². The highest BCUT2D eigenvalue weighted by atomic mass is 32.2. The lowest BCUT2D eigenvalue weighted by atomic mass is 10.2. The largest absolute Gasteiger partial charge is 0.573 e. The Labute approximate surface area is 173 Å². The van der Waals surface area contributed by atoms with Gasteiger partial charge in [-0.25, -0.2) is 8.42 Å². The summed E-state index contributed by atoms with van der Waals surface area (Å²) < 4.78 is 106. The van der Waals surface area contributed by atoms with Gasteiger partial charge in [0, 0.05) is 6.54 Å². The number of nitrogens with one attached hydrogen (secondary N) is 2. The fourth-order valence-electron chi connectivity index (χ4n) is 2.44. The molecular weight excluding hydrogens is 454 g/mol. The molecule has 0 aromatic heterocycles. The maximum atomic E-state index is 13.1. The van der Waals surface area contributed by atoms with Crippen LogP contribution in [0.1, 0.15) is 18.1 Å². The monoisotopic (exact) mass is 470 g/mol. The van der Waals surface area contributed by atoms with Crippen LogP contribution in [-0.2, 0) is 27.5 Å². The molecule has 0 radical (unpaired) electrons. The predicted octanol–water partition coefficient (Wildman–Crippen LogP) is 3.59. The van der Waals surface area contributed by atoms with Crippen molar-refractivity contribution < 1.29 is 44.3 Å². The Hall–Kier alpha value is -2.80. The molecular formula is C18H16F6N2O4S. The first-order chi connectivity index (χ1) is 14.2. The molecule has 1 amide bonds. The van der Waals surface area contributed by atoms with Crippen LogP contribution in [0.15, 0.2) is 53.4 Å². The molecule has 0 bridgehead atoms. The van der Waals surface area contributed by atoms with Crippen LogP contribution in [0.5, 0.6) is 5.75 Å². The third kappa shape index (κ3) is 7.14. The van der Waals surface area contributed by atoms with Crippen LogP contribution >= 0.6 is 0 Å². The molecule has 170 valence electrons. The van der Waals surface area contributed by atoms with Crippen LogP contribution in [0.2, 0.25) is 0 Å². The van der Waals surface area contributed by atoms with E-state index in [0.717, 1.165) is 37.3 Å². The van der Waals surface area contributed by atoms with Gasteiger partial charge in [-0.15, -0.1) is 13.2 Å². The number of carbonyl (C=O) groups excluding carboxylic acids is 1. The Morgan fingerprint density at radius 2 is 1.58 bits per heavy atom. The summed E-state index contributed by atoms with van der Waals surface area (Å²) in [6, 6.07) is 6.62. The van der Waals surface area contributed by atoms with Crippen molar-refractivity contribution in [2.45, 2.75) is 36.9 Å². The number of benzene rings is 2. The van der Waals surface area contributed by atoms with Crippen molar-refractivity contribution in [3.63, 3.8) is 0 Å². The van der Waals surface area contributed by atoms with Crippen molar-refractivity contribution in [2.24, 2.45) is 0 Å². The van der Waals surface area contributed by atoms with Crippen LogP contribution in [0.4, 0.5) is 26.3 Å². The van der Waals surface area contributed by atoms with E-state index in [-0.39, 0.29) is 6.54 Å². The lowest BCUT2D eigenvalue weighted by Gasteiger charge is -2.17. The SMILES string of the molecule is CC(NS(=O)(=O)c1ccccc1C(F)(F)F)C(=O)NCc1ccc(OC(F)(F)F)cc1. The number of carbonyl (C=O) groups is 1. The molecule has 2 aromatic carbocycles. The van der Waals surface area contributed by atoms with Gasteiger partial charge in [-0.1, -0.05) is 24.3 Å². The number of hydrogen-bond acceptors (Lipinski definition) is 4. The van der Waals surface area contributed by atoms with Gasteiger partial charge in [0.25, 0.3) is 0 Å². The van der Waals surface area contributed by atoms with E-state index in [9.17, 15) is 39.6 Å². The van der Waals surface area contributed by atoms with E-state index >= 15 is 0 Å². The fraction of sp³-hybridized carbons (Fsp3) is 0.278. The summed E-state index contributed by atoms with van der Waals surface area (Å²) in [4.78, 5) is 11.1. The second-order valence-electron chi connectivity index (χ2n) is 6.25. The van der Waals surface area contributed by atoms with Crippen molar-refractivity contribution in [1.82, 2.24) is 10.0 Å². The van der Waals surface area contributed by atoms with Crippen molar-refractivity contribution in [2.75, 3.05) is 0 Å². The maximum absolute atomic E-state index is 13.1. The first-order valence-electron chi connectivity index (χ1n) is 8.50. The molecule has 2 aromatic rings. The number of halogens is 6. The molecule has 0 aliphatic heterocycles. The highest BCUT2D eigenvalue weighted by Gasteiger charge is 2.37. The summed E-state index contributed by atoms with van der Waals surface area (Å²) in [5.41, 5.74) is -1.00. The smallest absolute Gasteiger partial charge is 0.406 e. The molecule has 0 heterocycles. The van der Waals surface area contributed by atoms with Crippen LogP contribution in [0, 0.1) is 0 Å². The molecule has 6 nitrogen and oxygen atoms in total. The zero-order chi connectivity index (χ0) is 23.4. The van der Waals surface area contributed by atoms with E-state index in [1.54, 1.807) is 0 Å². The number of amides is 1. The topological polar surface area (TPSA) is 84.5 Å². The maximum Gasteiger partial charge on any atom is 0.573 e. The summed E-state index contributed by atoms with van der Waals surface area (Å²) >= 11 is 0. The number of alkyl halides is 6. The van der Waals surface area contributed by atoms with Gasteiger partial charge in [-0.05, 0) is 36.8 Å². The second kappa shape index (κ2) is 9.14. The van der Waals surface area contributed by atoms with E-state index in [1.165, 1.54) is 12.1 Å². The molecule has 0 saturated carbocycles. The van der Waals surface area contributed by atoms with Crippen molar-refractivity contribution in [1.29, 1.82) is 0 Å². The summed E-state index contributed by atoms with van der Waals surface area (Å²) in [5.74, 6) is -1.32. The quantitative estimate of drug-likeness (QED) is 0.606. The average molecular weight is 470 g/mol. The normalized spacial score (nSPS) is 13.5. The van der Waals surface area contributed by atoms with Gasteiger partial charge in [0.2, 0.25) is 15.9 Å². The summed E-state index contributed by atoms with van der Waals surface area (Å²) in [6.07, 6.45) is -9.77. The first-order valence-corrected chi connectivity index (χ1v) is 9.98. The lowest BCUT2D eigenvalue weighted by Crippen LogP contribution is -2.44. The molecule has 31 heavy (non-hydrogen) atoms. The van der Waals surface area contributed by atoms with E-state index in [2.05, 4.69) is 10.1 Å². The molecule has 2 N–H and O–H groups in total. The Kier molecular flexibility index (Phi) is 7.21. The van der Waals surface area contributed by atoms with Crippen molar-refractivity contribution in [3.05, 3.63) is 59.7 Å².